The van der Waals surface area contributed by atoms with Gasteiger partial charge in [0.25, 0.3) is 5.91 Å². The molecule has 1 spiro atoms. The van der Waals surface area contributed by atoms with Crippen LogP contribution in [0.15, 0.2) is 12.4 Å². The third kappa shape index (κ3) is 2.97. The van der Waals surface area contributed by atoms with E-state index in [0.29, 0.717) is 30.5 Å². The number of aromatic nitrogens is 2. The molecule has 1 atom stereocenters. The molecule has 140 valence electrons. The lowest BCUT2D eigenvalue weighted by Crippen LogP contribution is -2.69. The molecule has 8 heteroatoms. The van der Waals surface area contributed by atoms with E-state index in [2.05, 4.69) is 22.7 Å². The van der Waals surface area contributed by atoms with Gasteiger partial charge in [-0.3, -0.25) is 19.6 Å². The van der Waals surface area contributed by atoms with Gasteiger partial charge in [-0.15, -0.1) is 0 Å². The number of nitrogens with zero attached hydrogens (tertiary/aromatic N) is 3. The maximum absolute atomic E-state index is 12.9. The highest BCUT2D eigenvalue weighted by Crippen LogP contribution is 2.39. The van der Waals surface area contributed by atoms with Crippen LogP contribution in [0.2, 0.25) is 0 Å². The summed E-state index contributed by atoms with van der Waals surface area (Å²) in [5.41, 5.74) is -0.319. The second kappa shape index (κ2) is 6.41. The van der Waals surface area contributed by atoms with E-state index >= 15 is 0 Å². The van der Waals surface area contributed by atoms with E-state index in [1.165, 1.54) is 17.7 Å². The topological polar surface area (TPSA) is 96.3 Å². The zero-order valence-electron chi connectivity index (χ0n) is 15.0. The van der Waals surface area contributed by atoms with Gasteiger partial charge in [0.05, 0.1) is 17.9 Å². The molecule has 1 aliphatic heterocycles. The van der Waals surface area contributed by atoms with Crippen LogP contribution in [0, 0.1) is 5.92 Å². The van der Waals surface area contributed by atoms with Gasteiger partial charge in [-0.05, 0) is 38.5 Å². The minimum absolute atomic E-state index is 0.0931. The predicted molar refractivity (Wildman–Crippen MR) is 94.4 cm³/mol. The molecule has 1 unspecified atom stereocenters. The summed E-state index contributed by atoms with van der Waals surface area (Å²) in [6, 6.07) is -0.0959. The lowest BCUT2D eigenvalue weighted by atomic mass is 9.78. The number of urea groups is 1. The Morgan fingerprint density at radius 3 is 2.73 bits per heavy atom. The molecule has 1 saturated heterocycles. The highest BCUT2D eigenvalue weighted by Gasteiger charge is 2.51. The van der Waals surface area contributed by atoms with Crippen LogP contribution < -0.4 is 10.6 Å². The first-order valence-corrected chi connectivity index (χ1v) is 9.47. The standard InChI is InChI=1S/C18H25N5O3/c1-12(13-5-6-13)23-10-14(9-19-23)20-17(26)22-11-15(24)21-16(25)18(22)7-3-2-4-8-18/h9-10,12-13H,2-8,11H2,1H3,(H,20,26)(H,21,24,25). The summed E-state index contributed by atoms with van der Waals surface area (Å²) >= 11 is 0. The molecule has 8 nitrogen and oxygen atoms in total. The molecule has 1 aromatic rings. The largest absolute Gasteiger partial charge is 0.323 e. The Kier molecular flexibility index (Phi) is 4.20. The predicted octanol–water partition coefficient (Wildman–Crippen LogP) is 2.05. The summed E-state index contributed by atoms with van der Waals surface area (Å²) in [5, 5.41) is 9.59. The molecule has 2 aliphatic carbocycles. The van der Waals surface area contributed by atoms with E-state index < -0.39 is 17.5 Å². The number of nitrogens with one attached hydrogen (secondary N) is 2. The number of hydrogen-bond donors (Lipinski definition) is 2. The summed E-state index contributed by atoms with van der Waals surface area (Å²) in [6.45, 7) is 2.03. The van der Waals surface area contributed by atoms with Crippen LogP contribution in [0.5, 0.6) is 0 Å². The van der Waals surface area contributed by atoms with E-state index in [4.69, 9.17) is 0 Å². The van der Waals surface area contributed by atoms with Crippen LogP contribution in [0.25, 0.3) is 0 Å². The number of amides is 4. The Morgan fingerprint density at radius 1 is 1.31 bits per heavy atom. The quantitative estimate of drug-likeness (QED) is 0.807. The van der Waals surface area contributed by atoms with Gasteiger partial charge in [-0.25, -0.2) is 4.79 Å². The van der Waals surface area contributed by atoms with Gasteiger partial charge in [-0.1, -0.05) is 19.3 Å². The van der Waals surface area contributed by atoms with Crippen molar-refractivity contribution in [3.8, 4) is 0 Å². The van der Waals surface area contributed by atoms with Crippen LogP contribution in [-0.4, -0.2) is 44.6 Å². The van der Waals surface area contributed by atoms with E-state index in [1.54, 1.807) is 6.20 Å². The molecular formula is C18H25N5O3. The molecule has 0 aromatic carbocycles. The van der Waals surface area contributed by atoms with Gasteiger partial charge in [-0.2, -0.15) is 5.10 Å². The Labute approximate surface area is 152 Å². The molecule has 0 radical (unpaired) electrons. The van der Waals surface area contributed by atoms with Crippen LogP contribution in [0.3, 0.4) is 0 Å². The van der Waals surface area contributed by atoms with Crippen molar-refractivity contribution in [1.29, 1.82) is 0 Å². The Bertz CT molecular complexity index is 733. The minimum Gasteiger partial charge on any atom is -0.305 e. The highest BCUT2D eigenvalue weighted by molar-refractivity contribution is 6.08. The van der Waals surface area contributed by atoms with Crippen molar-refractivity contribution in [2.45, 2.75) is 63.5 Å². The number of rotatable bonds is 3. The number of imide groups is 1. The smallest absolute Gasteiger partial charge is 0.305 e. The summed E-state index contributed by atoms with van der Waals surface area (Å²) in [6.07, 6.45) is 9.87. The fourth-order valence-corrected chi connectivity index (χ4v) is 4.21. The van der Waals surface area contributed by atoms with Crippen molar-refractivity contribution in [1.82, 2.24) is 20.0 Å². The monoisotopic (exact) mass is 359 g/mol. The summed E-state index contributed by atoms with van der Waals surface area (Å²) in [5.74, 6) is -0.117. The van der Waals surface area contributed by atoms with Crippen molar-refractivity contribution in [3.05, 3.63) is 12.4 Å². The second-order valence-electron chi connectivity index (χ2n) is 7.77. The Morgan fingerprint density at radius 2 is 2.04 bits per heavy atom. The van der Waals surface area contributed by atoms with Crippen molar-refractivity contribution in [3.63, 3.8) is 0 Å². The highest BCUT2D eigenvalue weighted by atomic mass is 16.2. The normalized spacial score (nSPS) is 23.7. The Hall–Kier alpha value is -2.38. The van der Waals surface area contributed by atoms with E-state index in [1.807, 2.05) is 10.9 Å². The lowest BCUT2D eigenvalue weighted by molar-refractivity contribution is -0.146. The number of anilines is 1. The first kappa shape index (κ1) is 17.1. The average Bonchev–Trinajstić information content (AvgIpc) is 3.38. The van der Waals surface area contributed by atoms with Gasteiger partial charge < -0.3 is 10.2 Å². The van der Waals surface area contributed by atoms with Gasteiger partial charge in [0.15, 0.2) is 0 Å². The molecule has 3 fully saturated rings. The Balaban J connectivity index is 1.51. The zero-order chi connectivity index (χ0) is 18.3. The van der Waals surface area contributed by atoms with Crippen LogP contribution in [-0.2, 0) is 9.59 Å². The SMILES string of the molecule is CC(C1CC1)n1cc(NC(=O)N2CC(=O)NC(=O)C23CCCCC3)cn1. The number of hydrogen-bond acceptors (Lipinski definition) is 4. The zero-order valence-corrected chi connectivity index (χ0v) is 15.0. The summed E-state index contributed by atoms with van der Waals surface area (Å²) in [4.78, 5) is 38.8. The van der Waals surface area contributed by atoms with Gasteiger partial charge in [0, 0.05) is 6.20 Å². The molecule has 1 aromatic heterocycles. The number of carbonyl (C=O) groups excluding carboxylic acids is 3. The molecule has 3 aliphatic rings. The summed E-state index contributed by atoms with van der Waals surface area (Å²) in [7, 11) is 0. The average molecular weight is 359 g/mol. The molecule has 4 amide bonds. The fourth-order valence-electron chi connectivity index (χ4n) is 4.21. The van der Waals surface area contributed by atoms with Gasteiger partial charge >= 0.3 is 6.03 Å². The number of piperazine rings is 1. The molecule has 0 bridgehead atoms. The maximum atomic E-state index is 12.9. The van der Waals surface area contributed by atoms with Crippen molar-refractivity contribution in [2.75, 3.05) is 11.9 Å². The van der Waals surface area contributed by atoms with E-state index in [9.17, 15) is 14.4 Å². The van der Waals surface area contributed by atoms with Gasteiger partial charge in [0.2, 0.25) is 5.91 Å². The lowest BCUT2D eigenvalue weighted by Gasteiger charge is -2.46. The molecule has 4 rings (SSSR count). The number of carbonyl (C=O) groups is 3. The van der Waals surface area contributed by atoms with Gasteiger partial charge in [0.1, 0.15) is 12.1 Å². The fraction of sp³-hybridized carbons (Fsp3) is 0.667. The molecule has 2 saturated carbocycles. The molecule has 2 N–H and O–H groups in total. The van der Waals surface area contributed by atoms with Crippen LogP contribution >= 0.6 is 0 Å². The molecular weight excluding hydrogens is 334 g/mol. The maximum Gasteiger partial charge on any atom is 0.323 e. The van der Waals surface area contributed by atoms with Crippen LogP contribution in [0.1, 0.15) is 57.9 Å². The van der Waals surface area contributed by atoms with Crippen LogP contribution in [0.4, 0.5) is 10.5 Å². The second-order valence-corrected chi connectivity index (χ2v) is 7.77. The molecule has 26 heavy (non-hydrogen) atoms. The summed E-state index contributed by atoms with van der Waals surface area (Å²) < 4.78 is 1.87. The molecule has 2 heterocycles. The van der Waals surface area contributed by atoms with Crippen molar-refractivity contribution >= 4 is 23.5 Å². The van der Waals surface area contributed by atoms with Crippen molar-refractivity contribution in [2.24, 2.45) is 5.92 Å². The first-order valence-electron chi connectivity index (χ1n) is 9.47. The van der Waals surface area contributed by atoms with Crippen molar-refractivity contribution < 1.29 is 14.4 Å². The third-order valence-electron chi connectivity index (χ3n) is 5.99. The minimum atomic E-state index is -0.909. The third-order valence-corrected chi connectivity index (χ3v) is 5.99. The van der Waals surface area contributed by atoms with E-state index in [-0.39, 0.29) is 12.5 Å². The first-order chi connectivity index (χ1) is 12.5. The van der Waals surface area contributed by atoms with E-state index in [0.717, 1.165) is 19.3 Å².